The Kier molecular flexibility index (Phi) is 4.61. The van der Waals surface area contributed by atoms with Gasteiger partial charge in [0.25, 0.3) is 6.43 Å². The highest BCUT2D eigenvalue weighted by Crippen LogP contribution is 2.32. The van der Waals surface area contributed by atoms with Crippen molar-refractivity contribution >= 4 is 5.91 Å². The molecular weight excluding hydrogens is 218 g/mol. The van der Waals surface area contributed by atoms with Crippen LogP contribution in [0.3, 0.4) is 0 Å². The van der Waals surface area contributed by atoms with Crippen molar-refractivity contribution in [2.24, 2.45) is 5.73 Å². The molecule has 4 nitrogen and oxygen atoms in total. The summed E-state index contributed by atoms with van der Waals surface area (Å²) in [5.41, 5.74) is 5.36. The molecule has 0 saturated heterocycles. The highest BCUT2D eigenvalue weighted by molar-refractivity contribution is 5.77. The van der Waals surface area contributed by atoms with Crippen LogP contribution >= 0.6 is 0 Å². The van der Waals surface area contributed by atoms with E-state index >= 15 is 0 Å². The summed E-state index contributed by atoms with van der Waals surface area (Å²) >= 11 is 0. The van der Waals surface area contributed by atoms with E-state index in [1.54, 1.807) is 0 Å². The Balaban J connectivity index is 2.46. The highest BCUT2D eigenvalue weighted by atomic mass is 19.3. The van der Waals surface area contributed by atoms with Crippen LogP contribution in [0.2, 0.25) is 0 Å². The molecule has 16 heavy (non-hydrogen) atoms. The summed E-state index contributed by atoms with van der Waals surface area (Å²) in [4.78, 5) is 12.7. The second kappa shape index (κ2) is 5.54. The van der Waals surface area contributed by atoms with Gasteiger partial charge in [-0.15, -0.1) is 0 Å². The molecule has 3 N–H and O–H groups in total. The summed E-state index contributed by atoms with van der Waals surface area (Å²) in [6.07, 6.45) is 0.0321. The number of carbonyl (C=O) groups is 1. The Morgan fingerprint density at radius 3 is 2.50 bits per heavy atom. The molecule has 1 amide bonds. The van der Waals surface area contributed by atoms with E-state index in [0.29, 0.717) is 0 Å². The quantitative estimate of drug-likeness (QED) is 0.699. The monoisotopic (exact) mass is 236 g/mol. The van der Waals surface area contributed by atoms with Crippen LogP contribution in [0.15, 0.2) is 0 Å². The number of hydrogen-bond donors (Lipinski definition) is 2. The summed E-state index contributed by atoms with van der Waals surface area (Å²) in [6, 6.07) is 0. The van der Waals surface area contributed by atoms with E-state index in [-0.39, 0.29) is 19.6 Å². The van der Waals surface area contributed by atoms with Crippen LogP contribution in [-0.2, 0) is 4.79 Å². The minimum absolute atomic E-state index is 0.0563. The van der Waals surface area contributed by atoms with Gasteiger partial charge in [0.1, 0.15) is 0 Å². The minimum atomic E-state index is -2.58. The molecule has 0 aliphatic heterocycles. The van der Waals surface area contributed by atoms with Gasteiger partial charge in [-0.2, -0.15) is 0 Å². The van der Waals surface area contributed by atoms with Crippen molar-refractivity contribution in [1.29, 1.82) is 0 Å². The van der Waals surface area contributed by atoms with Gasteiger partial charge in [-0.3, -0.25) is 4.79 Å². The van der Waals surface area contributed by atoms with Gasteiger partial charge < -0.3 is 15.7 Å². The second-order valence-corrected chi connectivity index (χ2v) is 4.35. The van der Waals surface area contributed by atoms with Crippen molar-refractivity contribution in [3.63, 3.8) is 0 Å². The van der Waals surface area contributed by atoms with Crippen molar-refractivity contribution in [2.75, 3.05) is 19.7 Å². The summed E-state index contributed by atoms with van der Waals surface area (Å²) in [5, 5.41) is 8.70. The average Bonchev–Trinajstić information content (AvgIpc) is 2.14. The Morgan fingerprint density at radius 2 is 2.12 bits per heavy atom. The molecule has 0 unspecified atom stereocenters. The lowest BCUT2D eigenvalue weighted by atomic mass is 9.75. The van der Waals surface area contributed by atoms with E-state index in [1.165, 1.54) is 0 Å². The lowest BCUT2D eigenvalue weighted by Gasteiger charge is -2.38. The zero-order valence-electron chi connectivity index (χ0n) is 9.16. The number of halogens is 2. The normalized spacial score (nSPS) is 18.3. The number of nitrogens with two attached hydrogens (primary N) is 1. The van der Waals surface area contributed by atoms with Gasteiger partial charge in [0.2, 0.25) is 5.91 Å². The Labute approximate surface area is 93.4 Å². The van der Waals surface area contributed by atoms with Crippen molar-refractivity contribution in [2.45, 2.75) is 37.6 Å². The first-order valence-electron chi connectivity index (χ1n) is 5.42. The molecule has 1 fully saturated rings. The smallest absolute Gasteiger partial charge is 0.255 e. The lowest BCUT2D eigenvalue weighted by Crippen LogP contribution is -2.51. The standard InChI is InChI=1S/C10H18F2N2O2/c11-8(12)7-14(4-5-15)9(16)6-10(13)2-1-3-10/h8,15H,1-7,13H2. The topological polar surface area (TPSA) is 66.6 Å². The summed E-state index contributed by atoms with van der Waals surface area (Å²) < 4.78 is 24.4. The van der Waals surface area contributed by atoms with Crippen molar-refractivity contribution in [3.05, 3.63) is 0 Å². The Hall–Kier alpha value is -0.750. The zero-order valence-corrected chi connectivity index (χ0v) is 9.16. The molecular formula is C10H18F2N2O2. The molecule has 6 heteroatoms. The highest BCUT2D eigenvalue weighted by Gasteiger charge is 2.36. The summed E-state index contributed by atoms with van der Waals surface area (Å²) in [5.74, 6) is -0.392. The van der Waals surface area contributed by atoms with E-state index in [1.807, 2.05) is 0 Å². The van der Waals surface area contributed by atoms with E-state index in [0.717, 1.165) is 24.2 Å². The van der Waals surface area contributed by atoms with E-state index < -0.39 is 24.4 Å². The number of alkyl halides is 2. The molecule has 0 aromatic rings. The van der Waals surface area contributed by atoms with E-state index in [4.69, 9.17) is 10.8 Å². The van der Waals surface area contributed by atoms with Crippen LogP contribution in [0, 0.1) is 0 Å². The zero-order chi connectivity index (χ0) is 12.2. The molecule has 0 radical (unpaired) electrons. The SMILES string of the molecule is NC1(CC(=O)N(CCO)CC(F)F)CCC1. The van der Waals surface area contributed by atoms with Crippen molar-refractivity contribution in [1.82, 2.24) is 4.90 Å². The molecule has 1 aliphatic rings. The lowest BCUT2D eigenvalue weighted by molar-refractivity contribution is -0.135. The predicted molar refractivity (Wildman–Crippen MR) is 55.1 cm³/mol. The van der Waals surface area contributed by atoms with E-state index in [9.17, 15) is 13.6 Å². The molecule has 94 valence electrons. The average molecular weight is 236 g/mol. The fraction of sp³-hybridized carbons (Fsp3) is 0.900. The molecule has 1 aliphatic carbocycles. The first kappa shape index (κ1) is 13.3. The van der Waals surface area contributed by atoms with Gasteiger partial charge in [-0.1, -0.05) is 0 Å². The molecule has 0 bridgehead atoms. The van der Waals surface area contributed by atoms with Crippen molar-refractivity contribution < 1.29 is 18.7 Å². The fourth-order valence-corrected chi connectivity index (χ4v) is 1.83. The third-order valence-corrected chi connectivity index (χ3v) is 2.93. The predicted octanol–water partition coefficient (Wildman–Crippen LogP) is 0.344. The summed E-state index contributed by atoms with van der Waals surface area (Å²) in [7, 11) is 0. The number of aliphatic hydroxyl groups is 1. The van der Waals surface area contributed by atoms with Gasteiger partial charge in [0, 0.05) is 18.5 Å². The molecule has 1 rings (SSSR count). The minimum Gasteiger partial charge on any atom is -0.395 e. The van der Waals surface area contributed by atoms with Crippen LogP contribution in [-0.4, -0.2) is 47.6 Å². The largest absolute Gasteiger partial charge is 0.395 e. The third kappa shape index (κ3) is 3.68. The second-order valence-electron chi connectivity index (χ2n) is 4.35. The third-order valence-electron chi connectivity index (χ3n) is 2.93. The number of hydrogen-bond acceptors (Lipinski definition) is 3. The molecule has 0 aromatic heterocycles. The van der Waals surface area contributed by atoms with Crippen LogP contribution in [0.1, 0.15) is 25.7 Å². The number of aliphatic hydroxyl groups excluding tert-OH is 1. The fourth-order valence-electron chi connectivity index (χ4n) is 1.83. The number of amides is 1. The molecule has 1 saturated carbocycles. The van der Waals surface area contributed by atoms with E-state index in [2.05, 4.69) is 0 Å². The number of carbonyl (C=O) groups excluding carboxylic acids is 1. The van der Waals surface area contributed by atoms with Gasteiger partial charge >= 0.3 is 0 Å². The maximum atomic E-state index is 12.2. The van der Waals surface area contributed by atoms with Crippen LogP contribution < -0.4 is 5.73 Å². The molecule has 0 heterocycles. The van der Waals surface area contributed by atoms with Crippen LogP contribution in [0.5, 0.6) is 0 Å². The number of nitrogens with zero attached hydrogens (tertiary/aromatic N) is 1. The van der Waals surface area contributed by atoms with Gasteiger partial charge in [-0.25, -0.2) is 8.78 Å². The van der Waals surface area contributed by atoms with Gasteiger partial charge in [-0.05, 0) is 19.3 Å². The van der Waals surface area contributed by atoms with Gasteiger partial charge in [0.05, 0.1) is 13.2 Å². The molecule has 0 atom stereocenters. The summed E-state index contributed by atoms with van der Waals surface area (Å²) in [6.45, 7) is -0.995. The maximum Gasteiger partial charge on any atom is 0.255 e. The molecule has 0 spiro atoms. The number of rotatable bonds is 6. The van der Waals surface area contributed by atoms with Crippen molar-refractivity contribution in [3.8, 4) is 0 Å². The Morgan fingerprint density at radius 1 is 1.50 bits per heavy atom. The van der Waals surface area contributed by atoms with Crippen LogP contribution in [0.4, 0.5) is 8.78 Å². The van der Waals surface area contributed by atoms with Gasteiger partial charge in [0.15, 0.2) is 0 Å². The van der Waals surface area contributed by atoms with Crippen LogP contribution in [0.25, 0.3) is 0 Å². The first-order chi connectivity index (χ1) is 7.47. The maximum absolute atomic E-state index is 12.2. The molecule has 0 aromatic carbocycles. The first-order valence-corrected chi connectivity index (χ1v) is 5.42. The Bertz CT molecular complexity index is 245.